The van der Waals surface area contributed by atoms with Crippen LogP contribution in [0, 0.1) is 0 Å². The molecule has 0 spiro atoms. The van der Waals surface area contributed by atoms with Gasteiger partial charge in [-0.3, -0.25) is 0 Å². The van der Waals surface area contributed by atoms with Crippen LogP contribution in [-0.4, -0.2) is 22.2 Å². The lowest BCUT2D eigenvalue weighted by Gasteiger charge is -2.13. The van der Waals surface area contributed by atoms with Gasteiger partial charge in [0.2, 0.25) is 0 Å². The summed E-state index contributed by atoms with van der Waals surface area (Å²) in [6.45, 7) is 4.27. The highest BCUT2D eigenvalue weighted by molar-refractivity contribution is 5.96. The Morgan fingerprint density at radius 1 is 1.17 bits per heavy atom. The second-order valence-corrected chi connectivity index (χ2v) is 5.81. The molecule has 0 aliphatic rings. The lowest BCUT2D eigenvalue weighted by atomic mass is 10.2. The fourth-order valence-electron chi connectivity index (χ4n) is 2.49. The Labute approximate surface area is 139 Å². The molecular formula is C19H19NO4. The molecule has 0 saturated heterocycles. The molecule has 2 N–H and O–H groups in total. The largest absolute Gasteiger partial charge is 0.491 e. The Hall–Kier alpha value is -2.95. The number of aromatic nitrogens is 1. The second kappa shape index (κ2) is 6.66. The maximum absolute atomic E-state index is 11.2. The van der Waals surface area contributed by atoms with E-state index in [2.05, 4.69) is 4.98 Å². The molecule has 5 nitrogen and oxygen atoms in total. The van der Waals surface area contributed by atoms with Gasteiger partial charge in [-0.05, 0) is 25.5 Å². The zero-order valence-corrected chi connectivity index (χ0v) is 13.6. The van der Waals surface area contributed by atoms with Crippen LogP contribution in [0.15, 0.2) is 48.5 Å². The first-order valence-corrected chi connectivity index (χ1v) is 7.76. The number of benzene rings is 2. The predicted octanol–water partition coefficient (Wildman–Crippen LogP) is 4.23. The van der Waals surface area contributed by atoms with E-state index in [1.807, 2.05) is 44.2 Å². The molecule has 3 rings (SSSR count). The first-order valence-electron chi connectivity index (χ1n) is 7.76. The summed E-state index contributed by atoms with van der Waals surface area (Å²) >= 11 is 0. The predicted molar refractivity (Wildman–Crippen MR) is 91.8 cm³/mol. The zero-order valence-electron chi connectivity index (χ0n) is 13.6. The number of aromatic amines is 1. The Morgan fingerprint density at radius 3 is 2.58 bits per heavy atom. The second-order valence-electron chi connectivity index (χ2n) is 5.81. The van der Waals surface area contributed by atoms with Crippen LogP contribution in [0.2, 0.25) is 0 Å². The molecule has 0 unspecified atom stereocenters. The molecule has 1 aromatic heterocycles. The van der Waals surface area contributed by atoms with Gasteiger partial charge in [-0.25, -0.2) is 4.79 Å². The Balaban J connectivity index is 1.97. The fraction of sp³-hybridized carbons (Fsp3) is 0.211. The number of H-pyrrole nitrogens is 1. The number of carboxylic acid groups (broad SMARTS) is 1. The molecule has 0 aliphatic carbocycles. The molecule has 0 fully saturated rings. The van der Waals surface area contributed by atoms with E-state index < -0.39 is 5.97 Å². The van der Waals surface area contributed by atoms with Crippen molar-refractivity contribution in [1.82, 2.24) is 4.98 Å². The van der Waals surface area contributed by atoms with Crippen LogP contribution in [0.25, 0.3) is 10.9 Å². The summed E-state index contributed by atoms with van der Waals surface area (Å²) in [5, 5.41) is 9.92. The summed E-state index contributed by atoms with van der Waals surface area (Å²) < 4.78 is 11.7. The lowest BCUT2D eigenvalue weighted by Crippen LogP contribution is -2.05. The van der Waals surface area contributed by atoms with Crippen molar-refractivity contribution < 1.29 is 19.4 Å². The Morgan fingerprint density at radius 2 is 1.92 bits per heavy atom. The molecule has 0 bridgehead atoms. The standard InChI is InChI=1S/C19H19NO4/c1-12(2)24-14-8-16-15(10-17(20-16)19(21)22)18(9-14)23-11-13-6-4-3-5-7-13/h3-10,12,20H,11H2,1-2H3,(H,21,22). The molecule has 24 heavy (non-hydrogen) atoms. The molecule has 5 heteroatoms. The van der Waals surface area contributed by atoms with Gasteiger partial charge in [-0.2, -0.15) is 0 Å². The number of rotatable bonds is 6. The maximum atomic E-state index is 11.2. The summed E-state index contributed by atoms with van der Waals surface area (Å²) in [7, 11) is 0. The highest BCUT2D eigenvalue weighted by Crippen LogP contribution is 2.33. The first-order chi connectivity index (χ1) is 11.5. The van der Waals surface area contributed by atoms with Gasteiger partial charge < -0.3 is 19.6 Å². The van der Waals surface area contributed by atoms with E-state index >= 15 is 0 Å². The minimum Gasteiger partial charge on any atom is -0.491 e. The molecule has 0 aliphatic heterocycles. The number of aromatic carboxylic acids is 1. The van der Waals surface area contributed by atoms with Crippen molar-refractivity contribution in [3.8, 4) is 11.5 Å². The SMILES string of the molecule is CC(C)Oc1cc(OCc2ccccc2)c2cc(C(=O)O)[nH]c2c1. The number of ether oxygens (including phenoxy) is 2. The topological polar surface area (TPSA) is 71.6 Å². The number of carbonyl (C=O) groups is 1. The van der Waals surface area contributed by atoms with Gasteiger partial charge in [0, 0.05) is 17.5 Å². The number of nitrogens with one attached hydrogen (secondary N) is 1. The van der Waals surface area contributed by atoms with E-state index in [1.165, 1.54) is 0 Å². The minimum absolute atomic E-state index is 0.0123. The summed E-state index contributed by atoms with van der Waals surface area (Å²) in [6.07, 6.45) is 0.0123. The fourth-order valence-corrected chi connectivity index (χ4v) is 2.49. The highest BCUT2D eigenvalue weighted by atomic mass is 16.5. The van der Waals surface area contributed by atoms with E-state index in [0.717, 1.165) is 10.9 Å². The summed E-state index contributed by atoms with van der Waals surface area (Å²) in [4.78, 5) is 14.1. The van der Waals surface area contributed by atoms with Gasteiger partial charge in [0.05, 0.1) is 11.6 Å². The third-order valence-corrected chi connectivity index (χ3v) is 3.51. The maximum Gasteiger partial charge on any atom is 0.352 e. The van der Waals surface area contributed by atoms with Gasteiger partial charge in [0.25, 0.3) is 0 Å². The first kappa shape index (κ1) is 15.9. The monoisotopic (exact) mass is 325 g/mol. The highest BCUT2D eigenvalue weighted by Gasteiger charge is 2.14. The van der Waals surface area contributed by atoms with Gasteiger partial charge in [-0.15, -0.1) is 0 Å². The average molecular weight is 325 g/mol. The van der Waals surface area contributed by atoms with E-state index in [4.69, 9.17) is 9.47 Å². The van der Waals surface area contributed by atoms with Crippen LogP contribution >= 0.6 is 0 Å². The van der Waals surface area contributed by atoms with E-state index in [-0.39, 0.29) is 11.8 Å². The van der Waals surface area contributed by atoms with Crippen molar-refractivity contribution in [2.45, 2.75) is 26.6 Å². The van der Waals surface area contributed by atoms with Crippen molar-refractivity contribution >= 4 is 16.9 Å². The van der Waals surface area contributed by atoms with Crippen molar-refractivity contribution in [2.75, 3.05) is 0 Å². The van der Waals surface area contributed by atoms with Crippen molar-refractivity contribution in [3.63, 3.8) is 0 Å². The molecule has 1 heterocycles. The third kappa shape index (κ3) is 3.51. The van der Waals surface area contributed by atoms with Crippen molar-refractivity contribution in [1.29, 1.82) is 0 Å². The molecule has 0 radical (unpaired) electrons. The van der Waals surface area contributed by atoms with Gasteiger partial charge in [-0.1, -0.05) is 30.3 Å². The Bertz CT molecular complexity index is 852. The molecule has 3 aromatic rings. The average Bonchev–Trinajstić information content (AvgIpc) is 2.97. The minimum atomic E-state index is -1.01. The quantitative estimate of drug-likeness (QED) is 0.711. The molecule has 0 atom stereocenters. The molecule has 2 aromatic carbocycles. The van der Waals surface area contributed by atoms with Gasteiger partial charge in [0.1, 0.15) is 23.8 Å². The lowest BCUT2D eigenvalue weighted by molar-refractivity contribution is 0.0691. The molecular weight excluding hydrogens is 306 g/mol. The number of fused-ring (bicyclic) bond motifs is 1. The van der Waals surface area contributed by atoms with Crippen LogP contribution in [0.1, 0.15) is 29.9 Å². The van der Waals surface area contributed by atoms with Crippen LogP contribution in [0.5, 0.6) is 11.5 Å². The van der Waals surface area contributed by atoms with Crippen LogP contribution in [0.3, 0.4) is 0 Å². The van der Waals surface area contributed by atoms with E-state index in [1.54, 1.807) is 18.2 Å². The number of hydrogen-bond acceptors (Lipinski definition) is 3. The number of hydrogen-bond donors (Lipinski definition) is 2. The van der Waals surface area contributed by atoms with Crippen molar-refractivity contribution in [2.24, 2.45) is 0 Å². The zero-order chi connectivity index (χ0) is 17.1. The smallest absolute Gasteiger partial charge is 0.352 e. The third-order valence-electron chi connectivity index (χ3n) is 3.51. The van der Waals surface area contributed by atoms with Gasteiger partial charge in [0.15, 0.2) is 0 Å². The molecule has 0 saturated carbocycles. The van der Waals surface area contributed by atoms with Crippen molar-refractivity contribution in [3.05, 3.63) is 59.8 Å². The normalized spacial score (nSPS) is 11.0. The van der Waals surface area contributed by atoms with Crippen LogP contribution < -0.4 is 9.47 Å². The van der Waals surface area contributed by atoms with Gasteiger partial charge >= 0.3 is 5.97 Å². The molecule has 0 amide bonds. The summed E-state index contributed by atoms with van der Waals surface area (Å²) in [5.41, 5.74) is 1.83. The molecule has 124 valence electrons. The summed E-state index contributed by atoms with van der Waals surface area (Å²) in [5.74, 6) is 0.224. The van der Waals surface area contributed by atoms with E-state index in [9.17, 15) is 9.90 Å². The number of carboxylic acids is 1. The van der Waals surface area contributed by atoms with Crippen LogP contribution in [0.4, 0.5) is 0 Å². The Kier molecular flexibility index (Phi) is 4.42. The van der Waals surface area contributed by atoms with E-state index in [0.29, 0.717) is 23.6 Å². The van der Waals surface area contributed by atoms with Crippen LogP contribution in [-0.2, 0) is 6.61 Å². The summed E-state index contributed by atoms with van der Waals surface area (Å²) in [6, 6.07) is 15.0.